The summed E-state index contributed by atoms with van der Waals surface area (Å²) in [5, 5.41) is 15.8. The van der Waals surface area contributed by atoms with Crippen LogP contribution < -0.4 is 10.6 Å². The zero-order valence-corrected chi connectivity index (χ0v) is 20.9. The molecule has 0 aliphatic heterocycles. The first-order valence-corrected chi connectivity index (χ1v) is 12.0. The standard InChI is InChI=1S/C24H31N9O3/c1-31-11-8-25-23(31)22-28-21(27-15-5-6-16(13-15)36-4)20-19(24(34)26-9-12-35-3)17(14-33(20)30-22)18-7-10-32(2)29-18/h7-8,10-11,14-16H,5-6,9,12-13H2,1-4H3,(H,26,34)(H,27,28,30)/t15-,16-/m0/s1. The van der Waals surface area contributed by atoms with Crippen LogP contribution in [-0.2, 0) is 23.6 Å². The predicted octanol–water partition coefficient (Wildman–Crippen LogP) is 1.89. The minimum atomic E-state index is -0.243. The zero-order valence-electron chi connectivity index (χ0n) is 20.9. The number of carbonyl (C=O) groups is 1. The molecule has 2 N–H and O–H groups in total. The Hall–Kier alpha value is -3.77. The van der Waals surface area contributed by atoms with E-state index in [4.69, 9.17) is 19.6 Å². The van der Waals surface area contributed by atoms with E-state index in [0.29, 0.717) is 53.0 Å². The number of imidazole rings is 1. The van der Waals surface area contributed by atoms with Crippen LogP contribution in [0, 0.1) is 0 Å². The van der Waals surface area contributed by atoms with Crippen molar-refractivity contribution in [3.63, 3.8) is 0 Å². The summed E-state index contributed by atoms with van der Waals surface area (Å²) >= 11 is 0. The number of nitrogens with one attached hydrogen (secondary N) is 2. The summed E-state index contributed by atoms with van der Waals surface area (Å²) in [6.45, 7) is 0.781. The highest BCUT2D eigenvalue weighted by atomic mass is 16.5. The maximum absolute atomic E-state index is 13.5. The molecule has 1 fully saturated rings. The Morgan fingerprint density at radius 2 is 2.06 bits per heavy atom. The molecule has 4 aromatic rings. The van der Waals surface area contributed by atoms with Crippen LogP contribution in [0.2, 0.25) is 0 Å². The van der Waals surface area contributed by atoms with Crippen molar-refractivity contribution in [3.05, 3.63) is 36.4 Å². The van der Waals surface area contributed by atoms with Gasteiger partial charge in [-0.05, 0) is 25.3 Å². The fourth-order valence-electron chi connectivity index (χ4n) is 4.68. The van der Waals surface area contributed by atoms with Gasteiger partial charge in [0.25, 0.3) is 5.91 Å². The van der Waals surface area contributed by atoms with Crippen molar-refractivity contribution in [1.82, 2.24) is 39.2 Å². The number of fused-ring (bicyclic) bond motifs is 1. The highest BCUT2D eigenvalue weighted by Crippen LogP contribution is 2.34. The molecule has 4 aromatic heterocycles. The molecule has 0 saturated heterocycles. The molecule has 1 saturated carbocycles. The van der Waals surface area contributed by atoms with E-state index >= 15 is 0 Å². The number of anilines is 1. The second-order valence-corrected chi connectivity index (χ2v) is 8.99. The Morgan fingerprint density at radius 3 is 2.72 bits per heavy atom. The SMILES string of the molecule is COCCNC(=O)c1c(-c2ccn(C)n2)cn2nc(-c3nccn3C)nc(N[C@H]3CC[C@H](OC)C3)c12. The smallest absolute Gasteiger partial charge is 0.254 e. The topological polar surface area (TPSA) is 125 Å². The summed E-state index contributed by atoms with van der Waals surface area (Å²) in [5.74, 6) is 1.41. The van der Waals surface area contributed by atoms with Crippen LogP contribution in [0.15, 0.2) is 30.9 Å². The van der Waals surface area contributed by atoms with E-state index in [2.05, 4.69) is 20.7 Å². The molecule has 2 atom stereocenters. The number of aryl methyl sites for hydroxylation is 2. The molecule has 5 rings (SSSR count). The number of methoxy groups -OCH3 is 2. The van der Waals surface area contributed by atoms with Crippen LogP contribution in [0.3, 0.4) is 0 Å². The van der Waals surface area contributed by atoms with Gasteiger partial charge in [-0.1, -0.05) is 0 Å². The van der Waals surface area contributed by atoms with Crippen molar-refractivity contribution in [2.45, 2.75) is 31.4 Å². The van der Waals surface area contributed by atoms with Gasteiger partial charge >= 0.3 is 0 Å². The van der Waals surface area contributed by atoms with Gasteiger partial charge in [0.15, 0.2) is 11.6 Å². The van der Waals surface area contributed by atoms with Crippen molar-refractivity contribution < 1.29 is 14.3 Å². The third kappa shape index (κ3) is 4.56. The van der Waals surface area contributed by atoms with E-state index in [1.807, 2.05) is 43.3 Å². The Bertz CT molecular complexity index is 1370. The van der Waals surface area contributed by atoms with E-state index < -0.39 is 0 Å². The van der Waals surface area contributed by atoms with Gasteiger partial charge in [-0.15, -0.1) is 5.10 Å². The molecule has 0 spiro atoms. The Labute approximate surface area is 208 Å². The van der Waals surface area contributed by atoms with Gasteiger partial charge in [0.2, 0.25) is 5.82 Å². The molecule has 1 amide bonds. The molecule has 1 aliphatic carbocycles. The summed E-state index contributed by atoms with van der Waals surface area (Å²) < 4.78 is 16.0. The minimum absolute atomic E-state index is 0.153. The third-order valence-electron chi connectivity index (χ3n) is 6.52. The molecular formula is C24H31N9O3. The number of amides is 1. The lowest BCUT2D eigenvalue weighted by atomic mass is 10.1. The van der Waals surface area contributed by atoms with Crippen molar-refractivity contribution >= 4 is 17.2 Å². The Morgan fingerprint density at radius 1 is 1.19 bits per heavy atom. The first-order valence-electron chi connectivity index (χ1n) is 12.0. The zero-order chi connectivity index (χ0) is 25.2. The first-order chi connectivity index (χ1) is 17.5. The fraction of sp³-hybridized carbons (Fsp3) is 0.458. The quantitative estimate of drug-likeness (QED) is 0.339. The Balaban J connectivity index is 1.68. The first kappa shape index (κ1) is 23.9. The maximum atomic E-state index is 13.5. The molecular weight excluding hydrogens is 462 g/mol. The lowest BCUT2D eigenvalue weighted by Crippen LogP contribution is -2.28. The normalized spacial score (nSPS) is 17.7. The van der Waals surface area contributed by atoms with Gasteiger partial charge in [-0.25, -0.2) is 14.5 Å². The van der Waals surface area contributed by atoms with Crippen molar-refractivity contribution in [1.29, 1.82) is 0 Å². The minimum Gasteiger partial charge on any atom is -0.383 e. The summed E-state index contributed by atoms with van der Waals surface area (Å²) in [5.41, 5.74) is 2.38. The highest BCUT2D eigenvalue weighted by Gasteiger charge is 2.29. The molecule has 0 radical (unpaired) electrons. The van der Waals surface area contributed by atoms with Crippen LogP contribution in [-0.4, -0.2) is 79.4 Å². The van der Waals surface area contributed by atoms with Crippen molar-refractivity contribution in [3.8, 4) is 22.9 Å². The van der Waals surface area contributed by atoms with E-state index in [1.165, 1.54) is 0 Å². The predicted molar refractivity (Wildman–Crippen MR) is 134 cm³/mol. The molecule has 0 aromatic carbocycles. The van der Waals surface area contributed by atoms with Crippen LogP contribution in [0.5, 0.6) is 0 Å². The molecule has 0 unspecified atom stereocenters. The molecule has 4 heterocycles. The fourth-order valence-corrected chi connectivity index (χ4v) is 4.68. The molecule has 190 valence electrons. The average molecular weight is 494 g/mol. The average Bonchev–Trinajstić information content (AvgIpc) is 3.65. The highest BCUT2D eigenvalue weighted by molar-refractivity contribution is 6.09. The van der Waals surface area contributed by atoms with E-state index in [9.17, 15) is 4.79 Å². The van der Waals surface area contributed by atoms with Gasteiger partial charge in [0.05, 0.1) is 24.0 Å². The van der Waals surface area contributed by atoms with Gasteiger partial charge in [0.1, 0.15) is 5.52 Å². The number of nitrogens with zero attached hydrogens (tertiary/aromatic N) is 7. The third-order valence-corrected chi connectivity index (χ3v) is 6.52. The monoisotopic (exact) mass is 493 g/mol. The van der Waals surface area contributed by atoms with Gasteiger partial charge < -0.3 is 24.7 Å². The molecule has 0 bridgehead atoms. The number of carbonyl (C=O) groups excluding carboxylic acids is 1. The van der Waals surface area contributed by atoms with E-state index in [0.717, 1.165) is 19.3 Å². The lowest BCUT2D eigenvalue weighted by Gasteiger charge is -2.16. The number of hydrogen-bond acceptors (Lipinski definition) is 8. The molecule has 12 heteroatoms. The summed E-state index contributed by atoms with van der Waals surface area (Å²) in [6, 6.07) is 2.03. The number of hydrogen-bond donors (Lipinski definition) is 2. The van der Waals surface area contributed by atoms with E-state index in [1.54, 1.807) is 29.6 Å². The molecule has 1 aliphatic rings. The lowest BCUT2D eigenvalue weighted by molar-refractivity contribution is 0.0939. The Kier molecular flexibility index (Phi) is 6.70. The number of aromatic nitrogens is 7. The second-order valence-electron chi connectivity index (χ2n) is 8.99. The molecule has 12 nitrogen and oxygen atoms in total. The second kappa shape index (κ2) is 10.1. The molecule has 36 heavy (non-hydrogen) atoms. The van der Waals surface area contributed by atoms with Crippen molar-refractivity contribution in [2.75, 3.05) is 32.7 Å². The summed E-state index contributed by atoms with van der Waals surface area (Å²) in [7, 11) is 7.08. The summed E-state index contributed by atoms with van der Waals surface area (Å²) in [4.78, 5) is 22.8. The maximum Gasteiger partial charge on any atom is 0.254 e. The van der Waals surface area contributed by atoms with E-state index in [-0.39, 0.29) is 18.1 Å². The summed E-state index contributed by atoms with van der Waals surface area (Å²) in [6.07, 6.45) is 10.2. The van der Waals surface area contributed by atoms with Crippen LogP contribution in [0.1, 0.15) is 29.6 Å². The largest absolute Gasteiger partial charge is 0.383 e. The van der Waals surface area contributed by atoms with Gasteiger partial charge in [-0.2, -0.15) is 5.10 Å². The van der Waals surface area contributed by atoms with Crippen molar-refractivity contribution in [2.24, 2.45) is 14.1 Å². The number of ether oxygens (including phenoxy) is 2. The van der Waals surface area contributed by atoms with Crippen LogP contribution in [0.25, 0.3) is 28.4 Å². The van der Waals surface area contributed by atoms with Crippen LogP contribution >= 0.6 is 0 Å². The van der Waals surface area contributed by atoms with Crippen LogP contribution in [0.4, 0.5) is 5.82 Å². The van der Waals surface area contributed by atoms with Gasteiger partial charge in [-0.3, -0.25) is 9.48 Å². The van der Waals surface area contributed by atoms with Gasteiger partial charge in [0, 0.05) is 71.3 Å². The number of rotatable bonds is 9.